The van der Waals surface area contributed by atoms with E-state index in [0.29, 0.717) is 11.3 Å². The van der Waals surface area contributed by atoms with Gasteiger partial charge >= 0.3 is 6.36 Å². The molecule has 0 unspecified atom stereocenters. The Bertz CT molecular complexity index is 840. The number of ether oxygens (including phenoxy) is 1. The summed E-state index contributed by atoms with van der Waals surface area (Å²) >= 11 is 0. The van der Waals surface area contributed by atoms with Gasteiger partial charge in [-0.15, -0.1) is 13.2 Å². The number of rotatable bonds is 4. The highest BCUT2D eigenvalue weighted by atomic mass is 19.4. The molecule has 1 heterocycles. The van der Waals surface area contributed by atoms with Crippen LogP contribution < -0.4 is 10.1 Å². The molecule has 0 aliphatic carbocycles. The Morgan fingerprint density at radius 2 is 1.52 bits per heavy atom. The van der Waals surface area contributed by atoms with Crippen molar-refractivity contribution in [2.75, 3.05) is 5.32 Å². The molecule has 0 saturated heterocycles. The molecule has 1 aromatic heterocycles. The molecular formula is C18H13F3N2O2. The molecule has 0 aliphatic rings. The Balaban J connectivity index is 1.66. The van der Waals surface area contributed by atoms with Crippen LogP contribution in [-0.2, 0) is 0 Å². The first-order chi connectivity index (χ1) is 11.9. The number of halogens is 3. The number of amides is 1. The lowest BCUT2D eigenvalue weighted by Gasteiger charge is -2.10. The minimum atomic E-state index is -4.74. The first kappa shape index (κ1) is 16.6. The summed E-state index contributed by atoms with van der Waals surface area (Å²) in [5.74, 6) is -0.704. The average Bonchev–Trinajstić information content (AvgIpc) is 3.10. The molecule has 3 aromatic rings. The molecule has 0 saturated carbocycles. The van der Waals surface area contributed by atoms with Crippen molar-refractivity contribution in [1.82, 2.24) is 4.57 Å². The van der Waals surface area contributed by atoms with E-state index in [-0.39, 0.29) is 11.7 Å². The molecule has 1 amide bonds. The number of alkyl halides is 3. The summed E-state index contributed by atoms with van der Waals surface area (Å²) in [6.07, 6.45) is -0.967. The van der Waals surface area contributed by atoms with Gasteiger partial charge in [0, 0.05) is 29.3 Å². The van der Waals surface area contributed by atoms with Crippen molar-refractivity contribution in [3.8, 4) is 11.4 Å². The Kier molecular flexibility index (Phi) is 4.47. The Labute approximate surface area is 141 Å². The summed E-state index contributed by atoms with van der Waals surface area (Å²) in [5, 5.41) is 2.62. The van der Waals surface area contributed by atoms with E-state index < -0.39 is 6.36 Å². The highest BCUT2D eigenvalue weighted by Gasteiger charge is 2.30. The van der Waals surface area contributed by atoms with E-state index in [9.17, 15) is 18.0 Å². The van der Waals surface area contributed by atoms with Crippen LogP contribution in [0, 0.1) is 0 Å². The number of nitrogens with zero attached hydrogens (tertiary/aromatic N) is 1. The second-order valence-electron chi connectivity index (χ2n) is 5.16. The number of carbonyl (C=O) groups excluding carboxylic acids is 1. The quantitative estimate of drug-likeness (QED) is 0.749. The van der Waals surface area contributed by atoms with Crippen LogP contribution in [0.4, 0.5) is 18.9 Å². The summed E-state index contributed by atoms with van der Waals surface area (Å²) in [7, 11) is 0. The molecule has 0 fully saturated rings. The fraction of sp³-hybridized carbons (Fsp3) is 0.0556. The van der Waals surface area contributed by atoms with E-state index in [1.807, 2.05) is 29.1 Å². The van der Waals surface area contributed by atoms with Crippen LogP contribution in [0.15, 0.2) is 73.1 Å². The van der Waals surface area contributed by atoms with E-state index >= 15 is 0 Å². The third kappa shape index (κ3) is 4.41. The van der Waals surface area contributed by atoms with Gasteiger partial charge in [0.1, 0.15) is 5.75 Å². The summed E-state index contributed by atoms with van der Waals surface area (Å²) in [6, 6.07) is 15.7. The van der Waals surface area contributed by atoms with Crippen LogP contribution in [0.2, 0.25) is 0 Å². The van der Waals surface area contributed by atoms with Crippen LogP contribution in [0.1, 0.15) is 10.4 Å². The van der Waals surface area contributed by atoms with Gasteiger partial charge in [0.25, 0.3) is 5.91 Å². The maximum absolute atomic E-state index is 12.2. The van der Waals surface area contributed by atoms with Crippen molar-refractivity contribution in [2.45, 2.75) is 6.36 Å². The summed E-state index contributed by atoms with van der Waals surface area (Å²) in [5.41, 5.74) is 1.72. The Morgan fingerprint density at radius 1 is 0.920 bits per heavy atom. The van der Waals surface area contributed by atoms with Gasteiger partial charge in [-0.05, 0) is 60.7 Å². The van der Waals surface area contributed by atoms with E-state index in [2.05, 4.69) is 10.1 Å². The maximum atomic E-state index is 12.2. The van der Waals surface area contributed by atoms with E-state index in [1.165, 1.54) is 12.1 Å². The summed E-state index contributed by atoms with van der Waals surface area (Å²) in [6.45, 7) is 0. The SMILES string of the molecule is O=C(Nc1ccc(OC(F)(F)F)cc1)c1ccc(-n2cccc2)cc1. The van der Waals surface area contributed by atoms with Gasteiger partial charge in [-0.25, -0.2) is 0 Å². The van der Waals surface area contributed by atoms with Crippen LogP contribution in [-0.4, -0.2) is 16.8 Å². The Hall–Kier alpha value is -3.22. The third-order valence-corrected chi connectivity index (χ3v) is 3.38. The molecule has 0 radical (unpaired) electrons. The van der Waals surface area contributed by atoms with Crippen LogP contribution in [0.25, 0.3) is 5.69 Å². The number of aromatic nitrogens is 1. The normalized spacial score (nSPS) is 11.2. The lowest BCUT2D eigenvalue weighted by molar-refractivity contribution is -0.274. The molecule has 0 spiro atoms. The fourth-order valence-electron chi connectivity index (χ4n) is 2.23. The molecule has 7 heteroatoms. The average molecular weight is 346 g/mol. The van der Waals surface area contributed by atoms with Gasteiger partial charge in [0.15, 0.2) is 0 Å². The maximum Gasteiger partial charge on any atom is 0.573 e. The predicted molar refractivity (Wildman–Crippen MR) is 86.8 cm³/mol. The van der Waals surface area contributed by atoms with Gasteiger partial charge in [0.2, 0.25) is 0 Å². The second kappa shape index (κ2) is 6.72. The zero-order valence-electron chi connectivity index (χ0n) is 12.8. The molecule has 1 N–H and O–H groups in total. The van der Waals surface area contributed by atoms with Gasteiger partial charge in [0.05, 0.1) is 0 Å². The molecule has 128 valence electrons. The van der Waals surface area contributed by atoms with Crippen molar-refractivity contribution >= 4 is 11.6 Å². The largest absolute Gasteiger partial charge is 0.573 e. The molecule has 0 atom stereocenters. The third-order valence-electron chi connectivity index (χ3n) is 3.38. The van der Waals surface area contributed by atoms with Crippen molar-refractivity contribution in [3.63, 3.8) is 0 Å². The topological polar surface area (TPSA) is 43.3 Å². The van der Waals surface area contributed by atoms with E-state index in [4.69, 9.17) is 0 Å². The molecule has 3 rings (SSSR count). The van der Waals surface area contributed by atoms with Gasteiger partial charge in [-0.2, -0.15) is 0 Å². The molecule has 0 aliphatic heterocycles. The minimum Gasteiger partial charge on any atom is -0.406 e. The highest BCUT2D eigenvalue weighted by molar-refractivity contribution is 6.04. The smallest absolute Gasteiger partial charge is 0.406 e. The number of benzene rings is 2. The molecule has 0 bridgehead atoms. The first-order valence-electron chi connectivity index (χ1n) is 7.31. The van der Waals surface area contributed by atoms with Crippen molar-refractivity contribution in [2.24, 2.45) is 0 Å². The Morgan fingerprint density at radius 3 is 2.08 bits per heavy atom. The van der Waals surface area contributed by atoms with Gasteiger partial charge in [-0.3, -0.25) is 4.79 Å². The molecular weight excluding hydrogens is 333 g/mol. The summed E-state index contributed by atoms with van der Waals surface area (Å²) < 4.78 is 42.0. The zero-order valence-corrected chi connectivity index (χ0v) is 12.8. The molecule has 4 nitrogen and oxygen atoms in total. The van der Waals surface area contributed by atoms with Crippen LogP contribution >= 0.6 is 0 Å². The van der Waals surface area contributed by atoms with Crippen LogP contribution in [0.3, 0.4) is 0 Å². The predicted octanol–water partition coefficient (Wildman–Crippen LogP) is 4.63. The van der Waals surface area contributed by atoms with E-state index in [1.54, 1.807) is 24.3 Å². The van der Waals surface area contributed by atoms with Gasteiger partial charge in [-0.1, -0.05) is 0 Å². The number of carbonyl (C=O) groups is 1. The second-order valence-corrected chi connectivity index (χ2v) is 5.16. The number of hydrogen-bond donors (Lipinski definition) is 1. The van der Waals surface area contributed by atoms with Crippen LogP contribution in [0.5, 0.6) is 5.75 Å². The highest BCUT2D eigenvalue weighted by Crippen LogP contribution is 2.24. The number of hydrogen-bond acceptors (Lipinski definition) is 2. The lowest BCUT2D eigenvalue weighted by Crippen LogP contribution is -2.17. The molecule has 2 aromatic carbocycles. The van der Waals surface area contributed by atoms with Gasteiger partial charge < -0.3 is 14.6 Å². The van der Waals surface area contributed by atoms with Crippen molar-refractivity contribution < 1.29 is 22.7 Å². The minimum absolute atomic E-state index is 0.346. The first-order valence-corrected chi connectivity index (χ1v) is 7.31. The molecule has 25 heavy (non-hydrogen) atoms. The number of anilines is 1. The fourth-order valence-corrected chi connectivity index (χ4v) is 2.23. The van der Waals surface area contributed by atoms with E-state index in [0.717, 1.165) is 17.8 Å². The lowest BCUT2D eigenvalue weighted by atomic mass is 10.2. The van der Waals surface area contributed by atoms with Crippen molar-refractivity contribution in [1.29, 1.82) is 0 Å². The zero-order chi connectivity index (χ0) is 17.9. The van der Waals surface area contributed by atoms with Crippen molar-refractivity contribution in [3.05, 3.63) is 78.6 Å². The monoisotopic (exact) mass is 346 g/mol. The number of nitrogens with one attached hydrogen (secondary N) is 1. The standard InChI is InChI=1S/C18H13F3N2O2/c19-18(20,21)25-16-9-5-14(6-10-16)22-17(24)13-3-7-15(8-4-13)23-11-1-2-12-23/h1-12H,(H,22,24). The summed E-state index contributed by atoms with van der Waals surface area (Å²) in [4.78, 5) is 12.2.